The summed E-state index contributed by atoms with van der Waals surface area (Å²) in [6.07, 6.45) is 8.72. The number of hydrogen-bond acceptors (Lipinski definition) is 3. The summed E-state index contributed by atoms with van der Waals surface area (Å²) >= 11 is 0. The molecule has 1 saturated heterocycles. The van der Waals surface area contributed by atoms with Crippen molar-refractivity contribution in [3.8, 4) is 0 Å². The Balaban J connectivity index is 1.64. The molecule has 5 nitrogen and oxygen atoms in total. The topological polar surface area (TPSA) is 50.3 Å². The van der Waals surface area contributed by atoms with Crippen LogP contribution in [0.25, 0.3) is 0 Å². The van der Waals surface area contributed by atoms with Crippen molar-refractivity contribution in [3.63, 3.8) is 0 Å². The summed E-state index contributed by atoms with van der Waals surface area (Å²) in [5, 5.41) is 0. The van der Waals surface area contributed by atoms with E-state index in [1.807, 2.05) is 0 Å². The Labute approximate surface area is 108 Å². The molecule has 1 fully saturated rings. The van der Waals surface area contributed by atoms with Gasteiger partial charge >= 0.3 is 5.69 Å². The SMILES string of the molecule is CN(CC[C@H]1CCCCO1)CCn1cc[nH]c1=O. The van der Waals surface area contributed by atoms with Crippen molar-refractivity contribution < 1.29 is 4.74 Å². The highest BCUT2D eigenvalue weighted by Crippen LogP contribution is 2.15. The van der Waals surface area contributed by atoms with Crippen molar-refractivity contribution in [2.24, 2.45) is 0 Å². The van der Waals surface area contributed by atoms with E-state index >= 15 is 0 Å². The first kappa shape index (κ1) is 13.4. The van der Waals surface area contributed by atoms with Crippen molar-refractivity contribution in [3.05, 3.63) is 22.9 Å². The second-order valence-electron chi connectivity index (χ2n) is 5.04. The van der Waals surface area contributed by atoms with Gasteiger partial charge in [0, 0.05) is 38.6 Å². The van der Waals surface area contributed by atoms with E-state index in [1.165, 1.54) is 19.3 Å². The molecular weight excluding hydrogens is 230 g/mol. The molecule has 1 atom stereocenters. The first-order valence-corrected chi connectivity index (χ1v) is 6.79. The van der Waals surface area contributed by atoms with Gasteiger partial charge in [-0.25, -0.2) is 4.79 Å². The van der Waals surface area contributed by atoms with Crippen LogP contribution >= 0.6 is 0 Å². The highest BCUT2D eigenvalue weighted by atomic mass is 16.5. The third-order valence-electron chi connectivity index (χ3n) is 3.55. The lowest BCUT2D eigenvalue weighted by atomic mass is 10.1. The molecule has 0 bridgehead atoms. The first-order valence-electron chi connectivity index (χ1n) is 6.79. The number of likely N-dealkylation sites (N-methyl/N-ethyl adjacent to an activating group) is 1. The van der Waals surface area contributed by atoms with Crippen molar-refractivity contribution in [1.29, 1.82) is 0 Å². The fourth-order valence-corrected chi connectivity index (χ4v) is 2.31. The monoisotopic (exact) mass is 253 g/mol. The van der Waals surface area contributed by atoms with Crippen molar-refractivity contribution in [1.82, 2.24) is 14.5 Å². The molecular formula is C13H23N3O2. The van der Waals surface area contributed by atoms with Crippen molar-refractivity contribution >= 4 is 0 Å². The number of imidazole rings is 1. The minimum atomic E-state index is -0.0287. The Bertz CT molecular complexity index is 393. The van der Waals surface area contributed by atoms with Crippen LogP contribution in [-0.4, -0.2) is 47.3 Å². The smallest absolute Gasteiger partial charge is 0.325 e. The van der Waals surface area contributed by atoms with Crippen molar-refractivity contribution in [2.45, 2.75) is 38.3 Å². The second-order valence-corrected chi connectivity index (χ2v) is 5.04. The van der Waals surface area contributed by atoms with E-state index in [9.17, 15) is 4.79 Å². The maximum absolute atomic E-state index is 11.3. The third-order valence-corrected chi connectivity index (χ3v) is 3.55. The van der Waals surface area contributed by atoms with Gasteiger partial charge in [-0.3, -0.25) is 4.57 Å². The first-order chi connectivity index (χ1) is 8.75. The van der Waals surface area contributed by atoms with Gasteiger partial charge in [0.05, 0.1) is 6.10 Å². The summed E-state index contributed by atoms with van der Waals surface area (Å²) in [5.41, 5.74) is -0.0287. The van der Waals surface area contributed by atoms with Gasteiger partial charge in [-0.05, 0) is 32.7 Å². The van der Waals surface area contributed by atoms with E-state index in [4.69, 9.17) is 4.74 Å². The van der Waals surface area contributed by atoms with Gasteiger partial charge in [-0.1, -0.05) is 0 Å². The molecule has 0 unspecified atom stereocenters. The van der Waals surface area contributed by atoms with Crippen LogP contribution in [0.5, 0.6) is 0 Å². The van der Waals surface area contributed by atoms with Crippen LogP contribution in [-0.2, 0) is 11.3 Å². The van der Waals surface area contributed by atoms with Crippen LogP contribution in [0.2, 0.25) is 0 Å². The minimum Gasteiger partial charge on any atom is -0.378 e. The van der Waals surface area contributed by atoms with Gasteiger partial charge in [-0.2, -0.15) is 0 Å². The molecule has 2 heterocycles. The molecule has 0 saturated carbocycles. The van der Waals surface area contributed by atoms with Crippen LogP contribution < -0.4 is 5.69 Å². The third kappa shape index (κ3) is 3.99. The maximum atomic E-state index is 11.3. The molecule has 2 rings (SSSR count). The van der Waals surface area contributed by atoms with Crippen LogP contribution in [0.1, 0.15) is 25.7 Å². The van der Waals surface area contributed by atoms with Gasteiger partial charge in [0.25, 0.3) is 0 Å². The van der Waals surface area contributed by atoms with Gasteiger partial charge in [0.15, 0.2) is 0 Å². The Morgan fingerprint density at radius 2 is 2.39 bits per heavy atom. The normalized spacial score (nSPS) is 20.4. The zero-order chi connectivity index (χ0) is 12.8. The van der Waals surface area contributed by atoms with E-state index in [1.54, 1.807) is 17.0 Å². The highest BCUT2D eigenvalue weighted by molar-refractivity contribution is 4.76. The number of nitrogens with zero attached hydrogens (tertiary/aromatic N) is 2. The van der Waals surface area contributed by atoms with E-state index in [-0.39, 0.29) is 5.69 Å². The average molecular weight is 253 g/mol. The molecule has 5 heteroatoms. The Morgan fingerprint density at radius 3 is 3.06 bits per heavy atom. The lowest BCUT2D eigenvalue weighted by Crippen LogP contribution is -2.30. The number of rotatable bonds is 6. The molecule has 0 spiro atoms. The predicted octanol–water partition coefficient (Wildman–Crippen LogP) is 1.07. The Kier molecular flexibility index (Phi) is 5.01. The number of nitrogens with one attached hydrogen (secondary N) is 1. The molecule has 1 N–H and O–H groups in total. The fourth-order valence-electron chi connectivity index (χ4n) is 2.31. The molecule has 0 aliphatic carbocycles. The number of ether oxygens (including phenoxy) is 1. The summed E-state index contributed by atoms with van der Waals surface area (Å²) in [5.74, 6) is 0. The number of aromatic amines is 1. The lowest BCUT2D eigenvalue weighted by Gasteiger charge is -2.25. The summed E-state index contributed by atoms with van der Waals surface area (Å²) in [4.78, 5) is 16.2. The van der Waals surface area contributed by atoms with Gasteiger partial charge < -0.3 is 14.6 Å². The van der Waals surface area contributed by atoms with Gasteiger partial charge in [0.1, 0.15) is 0 Å². The number of aromatic nitrogens is 2. The fraction of sp³-hybridized carbons (Fsp3) is 0.769. The molecule has 102 valence electrons. The molecule has 1 aromatic rings. The standard InChI is InChI=1S/C13H23N3O2/c1-15(7-5-12-4-2-3-11-18-12)9-10-16-8-6-14-13(16)17/h6,8,12H,2-5,7,9-11H2,1H3,(H,14,17)/t12-/m1/s1. The number of H-pyrrole nitrogens is 1. The molecule has 0 aromatic carbocycles. The van der Waals surface area contributed by atoms with E-state index in [2.05, 4.69) is 16.9 Å². The number of hydrogen-bond donors (Lipinski definition) is 1. The molecule has 1 aromatic heterocycles. The molecule has 0 radical (unpaired) electrons. The largest absolute Gasteiger partial charge is 0.378 e. The van der Waals surface area contributed by atoms with Gasteiger partial charge in [-0.15, -0.1) is 0 Å². The molecule has 1 aliphatic heterocycles. The van der Waals surface area contributed by atoms with E-state index in [0.717, 1.165) is 32.7 Å². The molecule has 0 amide bonds. The van der Waals surface area contributed by atoms with Gasteiger partial charge in [0.2, 0.25) is 0 Å². The second kappa shape index (κ2) is 6.75. The van der Waals surface area contributed by atoms with Crippen molar-refractivity contribution in [2.75, 3.05) is 26.7 Å². The zero-order valence-corrected chi connectivity index (χ0v) is 11.1. The summed E-state index contributed by atoms with van der Waals surface area (Å²) in [6, 6.07) is 0. The average Bonchev–Trinajstić information content (AvgIpc) is 2.81. The lowest BCUT2D eigenvalue weighted by molar-refractivity contribution is 0.00663. The van der Waals surface area contributed by atoms with E-state index in [0.29, 0.717) is 6.10 Å². The quantitative estimate of drug-likeness (QED) is 0.825. The molecule has 1 aliphatic rings. The van der Waals surface area contributed by atoms with Crippen LogP contribution in [0.3, 0.4) is 0 Å². The predicted molar refractivity (Wildman–Crippen MR) is 70.8 cm³/mol. The zero-order valence-electron chi connectivity index (χ0n) is 11.1. The maximum Gasteiger partial charge on any atom is 0.325 e. The Morgan fingerprint density at radius 1 is 1.50 bits per heavy atom. The Hall–Kier alpha value is -1.07. The summed E-state index contributed by atoms with van der Waals surface area (Å²) in [7, 11) is 2.10. The van der Waals surface area contributed by atoms with Crippen LogP contribution in [0.4, 0.5) is 0 Å². The summed E-state index contributed by atoms with van der Waals surface area (Å²) in [6.45, 7) is 3.59. The molecule has 18 heavy (non-hydrogen) atoms. The van der Waals surface area contributed by atoms with Crippen LogP contribution in [0, 0.1) is 0 Å². The van der Waals surface area contributed by atoms with Crippen LogP contribution in [0.15, 0.2) is 17.2 Å². The summed E-state index contributed by atoms with van der Waals surface area (Å²) < 4.78 is 7.41. The highest BCUT2D eigenvalue weighted by Gasteiger charge is 2.14. The minimum absolute atomic E-state index is 0.0287. The van der Waals surface area contributed by atoms with E-state index < -0.39 is 0 Å².